The minimum Gasteiger partial charge on any atom is -0.508 e. The molecule has 0 saturated heterocycles. The number of benzene rings is 2. The van der Waals surface area contributed by atoms with Gasteiger partial charge in [0.1, 0.15) is 17.2 Å². The van der Waals surface area contributed by atoms with Crippen LogP contribution in [-0.2, 0) is 4.79 Å². The van der Waals surface area contributed by atoms with Crippen molar-refractivity contribution in [3.05, 3.63) is 114 Å². The fourth-order valence-electron chi connectivity index (χ4n) is 3.41. The number of aromatic hydroxyl groups is 3. The normalized spacial score (nSPS) is 11.9. The lowest BCUT2D eigenvalue weighted by Gasteiger charge is -1.98. The van der Waals surface area contributed by atoms with Gasteiger partial charge in [-0.2, -0.15) is 0 Å². The maximum Gasteiger partial charge on any atom is 0.328 e. The number of carboxylic acid groups (broad SMARTS) is 1. The van der Waals surface area contributed by atoms with Crippen molar-refractivity contribution in [2.24, 2.45) is 0 Å². The Labute approximate surface area is 233 Å². The number of allylic oxidation sites excluding steroid dienone is 9. The number of rotatable bonds is 15. The molecular weight excluding hydrogens is 488 g/mol. The number of hydrogen-bond donors (Lipinski definition) is 4. The highest BCUT2D eigenvalue weighted by molar-refractivity contribution is 5.80. The highest BCUT2D eigenvalue weighted by atomic mass is 16.4. The molecule has 0 fully saturated rings. The van der Waals surface area contributed by atoms with Gasteiger partial charge in [-0.15, -0.1) is 0 Å². The molecule has 0 saturated carbocycles. The Bertz CT molecular complexity index is 1100. The van der Waals surface area contributed by atoms with E-state index in [1.165, 1.54) is 57.1 Å². The summed E-state index contributed by atoms with van der Waals surface area (Å²) in [5.74, 6) is -0.664. The van der Waals surface area contributed by atoms with Crippen molar-refractivity contribution >= 4 is 18.1 Å². The molecule has 4 N–H and O–H groups in total. The molecule has 0 bridgehead atoms. The van der Waals surface area contributed by atoms with E-state index in [-0.39, 0.29) is 17.2 Å². The zero-order valence-corrected chi connectivity index (χ0v) is 22.8. The summed E-state index contributed by atoms with van der Waals surface area (Å²) in [4.78, 5) is 10.2. The molecule has 2 aromatic rings. The smallest absolute Gasteiger partial charge is 0.328 e. The second kappa shape index (κ2) is 21.8. The van der Waals surface area contributed by atoms with E-state index in [2.05, 4.69) is 19.1 Å². The van der Waals surface area contributed by atoms with E-state index in [1.807, 2.05) is 30.4 Å². The second-order valence-corrected chi connectivity index (χ2v) is 8.90. The number of hydrogen-bond acceptors (Lipinski definition) is 4. The van der Waals surface area contributed by atoms with Gasteiger partial charge in [0, 0.05) is 12.1 Å². The molecule has 0 aliphatic rings. The lowest BCUT2D eigenvalue weighted by Crippen LogP contribution is -1.84. The topological polar surface area (TPSA) is 98.0 Å². The molecule has 0 aliphatic carbocycles. The van der Waals surface area contributed by atoms with Crippen molar-refractivity contribution in [2.45, 2.75) is 58.3 Å². The van der Waals surface area contributed by atoms with Gasteiger partial charge in [0.05, 0.1) is 0 Å². The second-order valence-electron chi connectivity index (χ2n) is 8.90. The van der Waals surface area contributed by atoms with Crippen LogP contribution >= 0.6 is 0 Å². The molecule has 0 radical (unpaired) electrons. The molecule has 5 nitrogen and oxygen atoms in total. The third kappa shape index (κ3) is 19.5. The van der Waals surface area contributed by atoms with E-state index in [4.69, 9.17) is 10.2 Å². The van der Waals surface area contributed by atoms with Crippen LogP contribution in [0, 0.1) is 0 Å². The van der Waals surface area contributed by atoms with Crippen molar-refractivity contribution in [2.75, 3.05) is 0 Å². The third-order valence-electron chi connectivity index (χ3n) is 5.41. The standard InChI is InChI=1S/C20H30O2.C14H12O3/c1-2-3-4-5-6-7-8-9-10-11-12-13-14-15-16-17-18-19-20(21)22;15-12-5-3-10(4-6-12)1-2-11-7-13(16)9-14(17)8-11/h10-19H,2-9H2,1H3,(H,21,22);1-9,15-17H. The zero-order chi connectivity index (χ0) is 28.6. The molecule has 0 heterocycles. The molecule has 39 heavy (non-hydrogen) atoms. The molecule has 0 aliphatic heterocycles. The van der Waals surface area contributed by atoms with Crippen LogP contribution < -0.4 is 0 Å². The number of phenolic OH excluding ortho intramolecular Hbond substituents is 3. The predicted octanol–water partition coefficient (Wildman–Crippen LogP) is 8.97. The SMILES string of the molecule is CCCCCCCCCC=CC=CC=CC=CC=CC(=O)O.Oc1ccc(C=Cc2cc(O)cc(O)c2)cc1. The summed E-state index contributed by atoms with van der Waals surface area (Å²) >= 11 is 0. The first kappa shape index (κ1) is 32.8. The van der Waals surface area contributed by atoms with Gasteiger partial charge in [-0.05, 0) is 48.2 Å². The Morgan fingerprint density at radius 2 is 1.13 bits per heavy atom. The van der Waals surface area contributed by atoms with Gasteiger partial charge in [0.2, 0.25) is 0 Å². The van der Waals surface area contributed by atoms with E-state index in [9.17, 15) is 15.0 Å². The third-order valence-corrected chi connectivity index (χ3v) is 5.41. The predicted molar refractivity (Wildman–Crippen MR) is 163 cm³/mol. The van der Waals surface area contributed by atoms with Crippen LogP contribution in [0.5, 0.6) is 17.2 Å². The molecule has 0 unspecified atom stereocenters. The van der Waals surface area contributed by atoms with E-state index in [0.717, 1.165) is 18.1 Å². The first-order valence-corrected chi connectivity index (χ1v) is 13.5. The highest BCUT2D eigenvalue weighted by Crippen LogP contribution is 2.22. The quantitative estimate of drug-likeness (QED) is 0.0797. The van der Waals surface area contributed by atoms with E-state index >= 15 is 0 Å². The van der Waals surface area contributed by atoms with Gasteiger partial charge in [0.15, 0.2) is 0 Å². The summed E-state index contributed by atoms with van der Waals surface area (Å²) in [7, 11) is 0. The van der Waals surface area contributed by atoms with Crippen LogP contribution in [0.25, 0.3) is 12.2 Å². The Hall–Kier alpha value is -4.25. The van der Waals surface area contributed by atoms with Crippen LogP contribution in [0.2, 0.25) is 0 Å². The van der Waals surface area contributed by atoms with Crippen LogP contribution in [-0.4, -0.2) is 26.4 Å². The van der Waals surface area contributed by atoms with E-state index < -0.39 is 5.97 Å². The van der Waals surface area contributed by atoms with Gasteiger partial charge < -0.3 is 20.4 Å². The van der Waals surface area contributed by atoms with Crippen LogP contribution in [0.1, 0.15) is 69.4 Å². The molecule has 208 valence electrons. The first-order valence-electron chi connectivity index (χ1n) is 13.5. The Kier molecular flexibility index (Phi) is 18.3. The molecular formula is C34H42O5. The molecule has 2 rings (SSSR count). The summed E-state index contributed by atoms with van der Waals surface area (Å²) in [5, 5.41) is 36.1. The molecule has 0 atom stereocenters. The average molecular weight is 531 g/mol. The molecule has 0 amide bonds. The summed E-state index contributed by atoms with van der Waals surface area (Å²) < 4.78 is 0. The van der Waals surface area contributed by atoms with Gasteiger partial charge in [-0.1, -0.05) is 124 Å². The number of carboxylic acids is 1. The average Bonchev–Trinajstić information content (AvgIpc) is 2.90. The van der Waals surface area contributed by atoms with Gasteiger partial charge in [-0.25, -0.2) is 4.79 Å². The number of unbranched alkanes of at least 4 members (excludes halogenated alkanes) is 7. The first-order chi connectivity index (χ1) is 18.9. The highest BCUT2D eigenvalue weighted by Gasteiger charge is 1.96. The summed E-state index contributed by atoms with van der Waals surface area (Å²) in [6.07, 6.45) is 32.4. The monoisotopic (exact) mass is 530 g/mol. The Balaban J connectivity index is 0.000000400. The minimum absolute atomic E-state index is 0.0235. The number of phenols is 3. The molecule has 0 spiro atoms. The summed E-state index contributed by atoms with van der Waals surface area (Å²) in [6.45, 7) is 2.25. The maximum atomic E-state index is 10.2. The zero-order valence-electron chi connectivity index (χ0n) is 22.8. The molecule has 2 aromatic carbocycles. The van der Waals surface area contributed by atoms with Crippen molar-refractivity contribution in [1.29, 1.82) is 0 Å². The van der Waals surface area contributed by atoms with Gasteiger partial charge in [0.25, 0.3) is 0 Å². The van der Waals surface area contributed by atoms with Gasteiger partial charge >= 0.3 is 5.97 Å². The van der Waals surface area contributed by atoms with Crippen molar-refractivity contribution in [3.8, 4) is 17.2 Å². The Morgan fingerprint density at radius 3 is 1.72 bits per heavy atom. The lowest BCUT2D eigenvalue weighted by atomic mass is 10.1. The van der Waals surface area contributed by atoms with Crippen molar-refractivity contribution in [1.82, 2.24) is 0 Å². The van der Waals surface area contributed by atoms with Crippen LogP contribution in [0.4, 0.5) is 0 Å². The largest absolute Gasteiger partial charge is 0.508 e. The summed E-state index contributed by atoms with van der Waals surface area (Å²) in [6, 6.07) is 11.1. The fourth-order valence-corrected chi connectivity index (χ4v) is 3.41. The summed E-state index contributed by atoms with van der Waals surface area (Å²) in [5.41, 5.74) is 1.63. The van der Waals surface area contributed by atoms with Gasteiger partial charge in [-0.3, -0.25) is 0 Å². The molecule has 0 aromatic heterocycles. The number of carbonyl (C=O) groups is 1. The van der Waals surface area contributed by atoms with Crippen LogP contribution in [0.15, 0.2) is 103 Å². The van der Waals surface area contributed by atoms with E-state index in [1.54, 1.807) is 54.6 Å². The lowest BCUT2D eigenvalue weighted by molar-refractivity contribution is -0.131. The van der Waals surface area contributed by atoms with Crippen molar-refractivity contribution in [3.63, 3.8) is 0 Å². The molecule has 5 heteroatoms. The van der Waals surface area contributed by atoms with E-state index in [0.29, 0.717) is 5.56 Å². The van der Waals surface area contributed by atoms with Crippen LogP contribution in [0.3, 0.4) is 0 Å². The minimum atomic E-state index is -0.931. The fraction of sp³-hybridized carbons (Fsp3) is 0.265. The Morgan fingerprint density at radius 1 is 0.615 bits per heavy atom. The maximum absolute atomic E-state index is 10.2. The number of aliphatic carboxylic acids is 1. The van der Waals surface area contributed by atoms with Crippen molar-refractivity contribution < 1.29 is 25.2 Å².